The third kappa shape index (κ3) is 2.88. The van der Waals surface area contributed by atoms with Crippen LogP contribution in [0, 0.1) is 0 Å². The van der Waals surface area contributed by atoms with Crippen molar-refractivity contribution in [2.24, 2.45) is 0 Å². The van der Waals surface area contributed by atoms with E-state index in [0.29, 0.717) is 0 Å². The van der Waals surface area contributed by atoms with Crippen LogP contribution in [0.15, 0.2) is 36.4 Å². The topological polar surface area (TPSA) is 36.9 Å². The Morgan fingerprint density at radius 1 is 0.583 bits per heavy atom. The van der Waals surface area contributed by atoms with Crippen molar-refractivity contribution in [1.29, 1.82) is 0 Å². The predicted octanol–water partition coefficient (Wildman–Crippen LogP) is 4.49. The highest BCUT2D eigenvalue weighted by Gasteiger charge is 2.32. The molecular formula is C20H22O4. The second kappa shape index (κ2) is 5.07. The van der Waals surface area contributed by atoms with E-state index in [4.69, 9.17) is 18.9 Å². The second-order valence-electron chi connectivity index (χ2n) is 7.27. The lowest BCUT2D eigenvalue weighted by atomic mass is 10.0. The number of benzene rings is 2. The van der Waals surface area contributed by atoms with Gasteiger partial charge in [-0.05, 0) is 48.2 Å². The number of ether oxygens (including phenoxy) is 4. The smallest absolute Gasteiger partial charge is 0.246 e. The predicted molar refractivity (Wildman–Crippen MR) is 91.0 cm³/mol. The van der Waals surface area contributed by atoms with Crippen LogP contribution in [0.2, 0.25) is 0 Å². The molecule has 126 valence electrons. The van der Waals surface area contributed by atoms with Crippen LogP contribution in [0.5, 0.6) is 23.0 Å². The van der Waals surface area contributed by atoms with Gasteiger partial charge >= 0.3 is 0 Å². The Morgan fingerprint density at radius 3 is 1.38 bits per heavy atom. The molecule has 0 unspecified atom stereocenters. The van der Waals surface area contributed by atoms with Gasteiger partial charge in [-0.15, -0.1) is 0 Å². The highest BCUT2D eigenvalue weighted by Crippen LogP contribution is 2.41. The van der Waals surface area contributed by atoms with Crippen molar-refractivity contribution in [2.45, 2.75) is 52.1 Å². The Bertz CT molecular complexity index is 725. The van der Waals surface area contributed by atoms with Gasteiger partial charge in [-0.25, -0.2) is 0 Å². The molecule has 0 N–H and O–H groups in total. The van der Waals surface area contributed by atoms with Crippen molar-refractivity contribution < 1.29 is 18.9 Å². The molecule has 0 saturated heterocycles. The number of rotatable bonds is 3. The van der Waals surface area contributed by atoms with Gasteiger partial charge in [-0.2, -0.15) is 0 Å². The Hall–Kier alpha value is -2.36. The molecule has 0 atom stereocenters. The highest BCUT2D eigenvalue weighted by molar-refractivity contribution is 5.47. The average molecular weight is 326 g/mol. The van der Waals surface area contributed by atoms with Gasteiger partial charge in [0.2, 0.25) is 11.6 Å². The van der Waals surface area contributed by atoms with Gasteiger partial charge in [0.25, 0.3) is 0 Å². The van der Waals surface area contributed by atoms with Crippen LogP contribution in [0.4, 0.5) is 0 Å². The van der Waals surface area contributed by atoms with Crippen LogP contribution in [0.1, 0.15) is 38.8 Å². The summed E-state index contributed by atoms with van der Waals surface area (Å²) in [5, 5.41) is 0. The summed E-state index contributed by atoms with van der Waals surface area (Å²) >= 11 is 0. The summed E-state index contributed by atoms with van der Waals surface area (Å²) in [6, 6.07) is 12.3. The normalized spacial score (nSPS) is 18.7. The lowest BCUT2D eigenvalue weighted by Crippen LogP contribution is -2.29. The minimum absolute atomic E-state index is 0.578. The van der Waals surface area contributed by atoms with E-state index in [1.807, 2.05) is 39.8 Å². The molecule has 0 aliphatic carbocycles. The maximum Gasteiger partial charge on any atom is 0.246 e. The maximum absolute atomic E-state index is 5.81. The SMILES string of the molecule is CC1(C)Oc2ccc(CCc3ccc4c(c3)OC(C)(C)O4)cc2O1. The van der Waals surface area contributed by atoms with E-state index < -0.39 is 11.6 Å². The molecule has 4 heteroatoms. The number of hydrogen-bond donors (Lipinski definition) is 0. The summed E-state index contributed by atoms with van der Waals surface area (Å²) < 4.78 is 23.1. The van der Waals surface area contributed by atoms with E-state index in [-0.39, 0.29) is 0 Å². The Labute approximate surface area is 142 Å². The Balaban J connectivity index is 1.46. The Kier molecular flexibility index (Phi) is 3.21. The van der Waals surface area contributed by atoms with Crippen molar-refractivity contribution in [3.8, 4) is 23.0 Å². The monoisotopic (exact) mass is 326 g/mol. The number of hydrogen-bond acceptors (Lipinski definition) is 4. The van der Waals surface area contributed by atoms with Crippen LogP contribution in [0.3, 0.4) is 0 Å². The van der Waals surface area contributed by atoms with E-state index in [9.17, 15) is 0 Å². The third-order valence-electron chi connectivity index (χ3n) is 4.14. The van der Waals surface area contributed by atoms with Crippen molar-refractivity contribution in [2.75, 3.05) is 0 Å². The zero-order valence-electron chi connectivity index (χ0n) is 14.5. The fourth-order valence-electron chi connectivity index (χ4n) is 3.13. The minimum Gasteiger partial charge on any atom is -0.449 e. The van der Waals surface area contributed by atoms with Crippen LogP contribution in [0.25, 0.3) is 0 Å². The molecule has 2 heterocycles. The lowest BCUT2D eigenvalue weighted by Gasteiger charge is -2.16. The third-order valence-corrected chi connectivity index (χ3v) is 4.14. The van der Waals surface area contributed by atoms with Crippen LogP contribution < -0.4 is 18.9 Å². The molecule has 2 aromatic rings. The first-order valence-electron chi connectivity index (χ1n) is 8.32. The summed E-state index contributed by atoms with van der Waals surface area (Å²) in [4.78, 5) is 0. The molecule has 0 spiro atoms. The van der Waals surface area contributed by atoms with Gasteiger partial charge in [0.15, 0.2) is 23.0 Å². The van der Waals surface area contributed by atoms with Crippen molar-refractivity contribution in [3.05, 3.63) is 47.5 Å². The first kappa shape index (κ1) is 15.2. The average Bonchev–Trinajstić information content (AvgIpc) is 2.96. The number of aryl methyl sites for hydroxylation is 2. The summed E-state index contributed by atoms with van der Waals surface area (Å²) in [7, 11) is 0. The van der Waals surface area contributed by atoms with Crippen LogP contribution >= 0.6 is 0 Å². The molecule has 0 bridgehead atoms. The maximum atomic E-state index is 5.81. The molecule has 2 aliphatic rings. The lowest BCUT2D eigenvalue weighted by molar-refractivity contribution is -0.0437. The first-order chi connectivity index (χ1) is 11.3. The molecule has 0 aromatic heterocycles. The van der Waals surface area contributed by atoms with Gasteiger partial charge in [0.1, 0.15) is 0 Å². The van der Waals surface area contributed by atoms with E-state index in [0.717, 1.165) is 35.8 Å². The van der Waals surface area contributed by atoms with Gasteiger partial charge in [0.05, 0.1) is 0 Å². The molecular weight excluding hydrogens is 304 g/mol. The Morgan fingerprint density at radius 2 is 0.958 bits per heavy atom. The fraction of sp³-hybridized carbons (Fsp3) is 0.400. The molecule has 2 aliphatic heterocycles. The largest absolute Gasteiger partial charge is 0.449 e. The quantitative estimate of drug-likeness (QED) is 0.833. The van der Waals surface area contributed by atoms with E-state index >= 15 is 0 Å². The first-order valence-corrected chi connectivity index (χ1v) is 8.32. The molecule has 2 aromatic carbocycles. The molecule has 0 radical (unpaired) electrons. The standard InChI is InChI=1S/C20H22O4/c1-19(2)21-15-9-7-13(11-17(15)23-19)5-6-14-8-10-16-18(12-14)24-20(3,4)22-16/h7-12H,5-6H2,1-4H3. The molecule has 4 nitrogen and oxygen atoms in total. The van der Waals surface area contributed by atoms with Crippen LogP contribution in [-0.4, -0.2) is 11.6 Å². The van der Waals surface area contributed by atoms with E-state index in [2.05, 4.69) is 24.3 Å². The molecule has 0 amide bonds. The van der Waals surface area contributed by atoms with Gasteiger partial charge < -0.3 is 18.9 Å². The van der Waals surface area contributed by atoms with Gasteiger partial charge in [-0.1, -0.05) is 12.1 Å². The summed E-state index contributed by atoms with van der Waals surface area (Å²) in [5.74, 6) is 2.12. The van der Waals surface area contributed by atoms with E-state index in [1.54, 1.807) is 0 Å². The van der Waals surface area contributed by atoms with Crippen molar-refractivity contribution in [3.63, 3.8) is 0 Å². The summed E-state index contributed by atoms with van der Waals surface area (Å²) in [6.45, 7) is 7.67. The van der Waals surface area contributed by atoms with Gasteiger partial charge in [-0.3, -0.25) is 0 Å². The fourth-order valence-corrected chi connectivity index (χ4v) is 3.13. The molecule has 0 saturated carbocycles. The van der Waals surface area contributed by atoms with Gasteiger partial charge in [0, 0.05) is 27.7 Å². The van der Waals surface area contributed by atoms with Crippen LogP contribution in [-0.2, 0) is 12.8 Å². The summed E-state index contributed by atoms with van der Waals surface area (Å²) in [5.41, 5.74) is 2.46. The zero-order chi connectivity index (χ0) is 16.9. The minimum atomic E-state index is -0.578. The summed E-state index contributed by atoms with van der Waals surface area (Å²) in [6.07, 6.45) is 1.86. The highest BCUT2D eigenvalue weighted by atomic mass is 16.7. The zero-order valence-corrected chi connectivity index (χ0v) is 14.5. The molecule has 4 rings (SSSR count). The number of fused-ring (bicyclic) bond motifs is 2. The van der Waals surface area contributed by atoms with Crippen molar-refractivity contribution >= 4 is 0 Å². The van der Waals surface area contributed by atoms with E-state index in [1.165, 1.54) is 11.1 Å². The second-order valence-corrected chi connectivity index (χ2v) is 7.27. The molecule has 24 heavy (non-hydrogen) atoms. The van der Waals surface area contributed by atoms with Crippen molar-refractivity contribution in [1.82, 2.24) is 0 Å². The molecule has 0 fully saturated rings.